The fraction of sp³-hybridized carbons (Fsp3) is 1.00. The first-order chi connectivity index (χ1) is 8.83. The van der Waals surface area contributed by atoms with E-state index in [9.17, 15) is 0 Å². The first-order valence-electron chi connectivity index (χ1n) is 8.56. The smallest absolute Gasteiger partial charge is 0.00978 e. The van der Waals surface area contributed by atoms with E-state index in [0.717, 1.165) is 24.4 Å². The summed E-state index contributed by atoms with van der Waals surface area (Å²) in [5.74, 6) is 1.96. The van der Waals surface area contributed by atoms with Crippen LogP contribution in [0.5, 0.6) is 0 Å². The molecule has 0 saturated heterocycles. The second-order valence-corrected chi connectivity index (χ2v) is 6.13. The molecule has 1 aliphatic carbocycles. The third-order valence-electron chi connectivity index (χ3n) is 4.84. The predicted molar refractivity (Wildman–Crippen MR) is 82.0 cm³/mol. The summed E-state index contributed by atoms with van der Waals surface area (Å²) in [7, 11) is 0. The molecular weight excluding hydrogens is 218 g/mol. The highest BCUT2D eigenvalue weighted by Crippen LogP contribution is 2.35. The topological polar surface area (TPSA) is 12.0 Å². The maximum Gasteiger partial charge on any atom is 0.00978 e. The maximum absolute atomic E-state index is 3.79. The molecule has 108 valence electrons. The monoisotopic (exact) mass is 253 g/mol. The van der Waals surface area contributed by atoms with Gasteiger partial charge in [0.15, 0.2) is 0 Å². The minimum Gasteiger partial charge on any atom is -0.314 e. The van der Waals surface area contributed by atoms with Crippen LogP contribution in [0.25, 0.3) is 0 Å². The Kier molecular flexibility index (Phi) is 8.75. The van der Waals surface area contributed by atoms with Crippen LogP contribution in [-0.4, -0.2) is 12.6 Å². The van der Waals surface area contributed by atoms with Crippen molar-refractivity contribution in [2.75, 3.05) is 6.54 Å². The SMILES string of the molecule is CCCCCCC(NCC)C1CCCCC1CC. The molecule has 18 heavy (non-hydrogen) atoms. The molecule has 0 heterocycles. The van der Waals surface area contributed by atoms with Gasteiger partial charge in [0.25, 0.3) is 0 Å². The molecule has 0 bridgehead atoms. The summed E-state index contributed by atoms with van der Waals surface area (Å²) in [5, 5.41) is 3.79. The van der Waals surface area contributed by atoms with Gasteiger partial charge in [0.05, 0.1) is 0 Å². The zero-order valence-corrected chi connectivity index (χ0v) is 13.0. The van der Waals surface area contributed by atoms with Gasteiger partial charge in [-0.2, -0.15) is 0 Å². The van der Waals surface area contributed by atoms with Crippen molar-refractivity contribution in [1.29, 1.82) is 0 Å². The highest BCUT2D eigenvalue weighted by molar-refractivity contribution is 4.84. The van der Waals surface area contributed by atoms with Crippen LogP contribution in [0, 0.1) is 11.8 Å². The minimum atomic E-state index is 0.803. The van der Waals surface area contributed by atoms with Crippen LogP contribution in [0.1, 0.15) is 85.0 Å². The van der Waals surface area contributed by atoms with E-state index in [1.165, 1.54) is 64.2 Å². The van der Waals surface area contributed by atoms with Gasteiger partial charge in [-0.15, -0.1) is 0 Å². The molecule has 3 atom stereocenters. The van der Waals surface area contributed by atoms with Crippen molar-refractivity contribution >= 4 is 0 Å². The summed E-state index contributed by atoms with van der Waals surface area (Å²) < 4.78 is 0. The molecule has 0 aromatic carbocycles. The summed E-state index contributed by atoms with van der Waals surface area (Å²) in [6, 6.07) is 0.803. The number of hydrogen-bond acceptors (Lipinski definition) is 1. The molecule has 1 fully saturated rings. The molecule has 0 aromatic rings. The molecule has 3 unspecified atom stereocenters. The number of rotatable bonds is 9. The van der Waals surface area contributed by atoms with E-state index in [2.05, 4.69) is 26.1 Å². The van der Waals surface area contributed by atoms with Gasteiger partial charge in [0.1, 0.15) is 0 Å². The van der Waals surface area contributed by atoms with E-state index in [0.29, 0.717) is 0 Å². The molecule has 0 aliphatic heterocycles. The molecule has 1 rings (SSSR count). The predicted octanol–water partition coefficient (Wildman–Crippen LogP) is 5.15. The van der Waals surface area contributed by atoms with Crippen molar-refractivity contribution < 1.29 is 0 Å². The zero-order valence-electron chi connectivity index (χ0n) is 13.0. The van der Waals surface area contributed by atoms with Crippen LogP contribution in [-0.2, 0) is 0 Å². The maximum atomic E-state index is 3.79. The van der Waals surface area contributed by atoms with E-state index >= 15 is 0 Å². The fourth-order valence-corrected chi connectivity index (χ4v) is 3.79. The molecule has 0 aromatic heterocycles. The minimum absolute atomic E-state index is 0.803. The second-order valence-electron chi connectivity index (χ2n) is 6.13. The Morgan fingerprint density at radius 3 is 2.44 bits per heavy atom. The normalized spacial score (nSPS) is 26.2. The van der Waals surface area contributed by atoms with Gasteiger partial charge in [0, 0.05) is 6.04 Å². The average Bonchev–Trinajstić information content (AvgIpc) is 2.42. The molecule has 1 saturated carbocycles. The van der Waals surface area contributed by atoms with Crippen LogP contribution < -0.4 is 5.32 Å². The van der Waals surface area contributed by atoms with Crippen molar-refractivity contribution in [3.05, 3.63) is 0 Å². The Bertz CT molecular complexity index is 190. The number of hydrogen-bond donors (Lipinski definition) is 1. The molecular formula is C17H35N. The van der Waals surface area contributed by atoms with Crippen LogP contribution in [0.2, 0.25) is 0 Å². The van der Waals surface area contributed by atoms with Crippen LogP contribution in [0.4, 0.5) is 0 Å². The molecule has 0 amide bonds. The lowest BCUT2D eigenvalue weighted by molar-refractivity contribution is 0.168. The van der Waals surface area contributed by atoms with Crippen LogP contribution >= 0.6 is 0 Å². The molecule has 1 nitrogen and oxygen atoms in total. The highest BCUT2D eigenvalue weighted by atomic mass is 14.9. The summed E-state index contributed by atoms with van der Waals surface area (Å²) in [5.41, 5.74) is 0. The summed E-state index contributed by atoms with van der Waals surface area (Å²) in [4.78, 5) is 0. The molecule has 1 N–H and O–H groups in total. The van der Waals surface area contributed by atoms with Gasteiger partial charge in [-0.05, 0) is 31.2 Å². The van der Waals surface area contributed by atoms with Crippen molar-refractivity contribution in [3.8, 4) is 0 Å². The van der Waals surface area contributed by atoms with Crippen LogP contribution in [0.3, 0.4) is 0 Å². The van der Waals surface area contributed by atoms with Crippen molar-refractivity contribution in [2.24, 2.45) is 11.8 Å². The number of nitrogens with one attached hydrogen (secondary N) is 1. The Morgan fingerprint density at radius 2 is 1.78 bits per heavy atom. The summed E-state index contributed by atoms with van der Waals surface area (Å²) >= 11 is 0. The van der Waals surface area contributed by atoms with Gasteiger partial charge in [-0.25, -0.2) is 0 Å². The van der Waals surface area contributed by atoms with Crippen molar-refractivity contribution in [3.63, 3.8) is 0 Å². The lowest BCUT2D eigenvalue weighted by Crippen LogP contribution is -2.41. The molecule has 1 aliphatic rings. The Balaban J connectivity index is 2.42. The lowest BCUT2D eigenvalue weighted by Gasteiger charge is -2.37. The van der Waals surface area contributed by atoms with E-state index in [1.807, 2.05) is 0 Å². The molecule has 1 heteroatoms. The van der Waals surface area contributed by atoms with Crippen LogP contribution in [0.15, 0.2) is 0 Å². The third-order valence-corrected chi connectivity index (χ3v) is 4.84. The van der Waals surface area contributed by atoms with Gasteiger partial charge in [-0.1, -0.05) is 72.1 Å². The van der Waals surface area contributed by atoms with Crippen molar-refractivity contribution in [1.82, 2.24) is 5.32 Å². The third kappa shape index (κ3) is 5.30. The van der Waals surface area contributed by atoms with Gasteiger partial charge in [-0.3, -0.25) is 0 Å². The van der Waals surface area contributed by atoms with Crippen molar-refractivity contribution in [2.45, 2.75) is 91.0 Å². The average molecular weight is 253 g/mol. The summed E-state index contributed by atoms with van der Waals surface area (Å²) in [6.45, 7) is 8.10. The van der Waals surface area contributed by atoms with E-state index in [1.54, 1.807) is 0 Å². The Morgan fingerprint density at radius 1 is 1.00 bits per heavy atom. The lowest BCUT2D eigenvalue weighted by atomic mass is 9.73. The van der Waals surface area contributed by atoms with E-state index in [-0.39, 0.29) is 0 Å². The van der Waals surface area contributed by atoms with E-state index in [4.69, 9.17) is 0 Å². The first kappa shape index (κ1) is 16.0. The zero-order chi connectivity index (χ0) is 13.2. The molecule has 0 spiro atoms. The Hall–Kier alpha value is -0.0400. The van der Waals surface area contributed by atoms with Gasteiger partial charge >= 0.3 is 0 Å². The quantitative estimate of drug-likeness (QED) is 0.560. The number of unbranched alkanes of at least 4 members (excludes halogenated alkanes) is 3. The summed E-state index contributed by atoms with van der Waals surface area (Å²) in [6.07, 6.45) is 14.3. The van der Waals surface area contributed by atoms with Gasteiger partial charge < -0.3 is 5.32 Å². The first-order valence-corrected chi connectivity index (χ1v) is 8.56. The van der Waals surface area contributed by atoms with Gasteiger partial charge in [0.2, 0.25) is 0 Å². The molecule has 0 radical (unpaired) electrons. The fourth-order valence-electron chi connectivity index (χ4n) is 3.79. The highest BCUT2D eigenvalue weighted by Gasteiger charge is 2.29. The standard InChI is InChI=1S/C17H35N/c1-4-7-8-9-14-17(18-6-3)16-13-11-10-12-15(16)5-2/h15-18H,4-14H2,1-3H3. The largest absolute Gasteiger partial charge is 0.314 e. The second kappa shape index (κ2) is 9.83. The van der Waals surface area contributed by atoms with E-state index < -0.39 is 0 Å². The Labute approximate surface area is 115 Å².